The van der Waals surface area contributed by atoms with Crippen LogP contribution >= 0.6 is 0 Å². The molecule has 8 nitrogen and oxygen atoms in total. The number of pyridine rings is 1. The Kier molecular flexibility index (Phi) is 5.95. The molecule has 0 saturated carbocycles. The predicted octanol–water partition coefficient (Wildman–Crippen LogP) is 6.16. The molecule has 6 rings (SSSR count). The fourth-order valence-corrected chi connectivity index (χ4v) is 4.97. The van der Waals surface area contributed by atoms with Gasteiger partial charge in [0.1, 0.15) is 6.61 Å². The molecule has 0 fully saturated rings. The van der Waals surface area contributed by atoms with E-state index in [4.69, 9.17) is 4.74 Å². The van der Waals surface area contributed by atoms with E-state index in [1.54, 1.807) is 12.1 Å². The van der Waals surface area contributed by atoms with Gasteiger partial charge in [0, 0.05) is 27.8 Å². The molecule has 0 radical (unpaired) electrons. The number of anilines is 3. The van der Waals surface area contributed by atoms with Crippen LogP contribution in [0.4, 0.5) is 17.2 Å². The predicted molar refractivity (Wildman–Crippen MR) is 153 cm³/mol. The number of benzene rings is 3. The average Bonchev–Trinajstić information content (AvgIpc) is 3.28. The second-order valence-corrected chi connectivity index (χ2v) is 10.8. The SMILES string of the molecule is CC(C)(C)c1[nH]nc2c1C(c1cc3ccccc3[nH]c1=O)Nc1cc(C(=O)OCc3ccccc3)ccc1N2. The van der Waals surface area contributed by atoms with Gasteiger partial charge in [0.2, 0.25) is 0 Å². The van der Waals surface area contributed by atoms with Gasteiger partial charge in [0.25, 0.3) is 5.56 Å². The molecule has 0 aliphatic carbocycles. The van der Waals surface area contributed by atoms with Gasteiger partial charge in [-0.2, -0.15) is 5.10 Å². The van der Waals surface area contributed by atoms with Crippen LogP contribution in [0.25, 0.3) is 10.9 Å². The molecule has 2 aromatic heterocycles. The van der Waals surface area contributed by atoms with Crippen molar-refractivity contribution < 1.29 is 9.53 Å². The fraction of sp³-hybridized carbons (Fsp3) is 0.194. The number of esters is 1. The van der Waals surface area contributed by atoms with E-state index >= 15 is 0 Å². The first-order valence-corrected chi connectivity index (χ1v) is 12.9. The first kappa shape index (κ1) is 24.5. The van der Waals surface area contributed by atoms with Crippen molar-refractivity contribution in [1.29, 1.82) is 0 Å². The average molecular weight is 520 g/mol. The number of nitrogens with one attached hydrogen (secondary N) is 4. The van der Waals surface area contributed by atoms with Crippen molar-refractivity contribution in [2.45, 2.75) is 38.8 Å². The number of hydrogen-bond donors (Lipinski definition) is 4. The van der Waals surface area contributed by atoms with Gasteiger partial charge in [-0.05, 0) is 41.3 Å². The fourth-order valence-electron chi connectivity index (χ4n) is 4.97. The van der Waals surface area contributed by atoms with Gasteiger partial charge in [-0.3, -0.25) is 9.89 Å². The van der Waals surface area contributed by atoms with E-state index in [-0.39, 0.29) is 17.6 Å². The second kappa shape index (κ2) is 9.47. The number of H-pyrrole nitrogens is 2. The maximum Gasteiger partial charge on any atom is 0.338 e. The van der Waals surface area contributed by atoms with Crippen LogP contribution in [0.1, 0.15) is 59.6 Å². The van der Waals surface area contributed by atoms with E-state index in [1.165, 1.54) is 0 Å². The first-order valence-electron chi connectivity index (χ1n) is 12.9. The van der Waals surface area contributed by atoms with Gasteiger partial charge < -0.3 is 20.4 Å². The third-order valence-electron chi connectivity index (χ3n) is 6.96. The summed E-state index contributed by atoms with van der Waals surface area (Å²) >= 11 is 0. The molecular weight excluding hydrogens is 490 g/mol. The van der Waals surface area contributed by atoms with Crippen LogP contribution in [-0.4, -0.2) is 21.2 Å². The maximum absolute atomic E-state index is 13.4. The van der Waals surface area contributed by atoms with E-state index < -0.39 is 12.0 Å². The van der Waals surface area contributed by atoms with Crippen molar-refractivity contribution in [3.63, 3.8) is 0 Å². The lowest BCUT2D eigenvalue weighted by Gasteiger charge is -2.24. The minimum atomic E-state index is -0.536. The second-order valence-electron chi connectivity index (χ2n) is 10.8. The molecule has 0 saturated heterocycles. The Hall–Kier alpha value is -4.85. The zero-order valence-electron chi connectivity index (χ0n) is 22.0. The summed E-state index contributed by atoms with van der Waals surface area (Å²) in [4.78, 5) is 29.4. The summed E-state index contributed by atoms with van der Waals surface area (Å²) in [5, 5.41) is 15.7. The lowest BCUT2D eigenvalue weighted by Crippen LogP contribution is -2.25. The number of fused-ring (bicyclic) bond motifs is 3. The highest BCUT2D eigenvalue weighted by atomic mass is 16.5. The van der Waals surface area contributed by atoms with Gasteiger partial charge in [0.05, 0.1) is 23.0 Å². The quantitative estimate of drug-likeness (QED) is 0.212. The zero-order chi connectivity index (χ0) is 27.1. The van der Waals surface area contributed by atoms with Gasteiger partial charge in [-0.25, -0.2) is 4.79 Å². The van der Waals surface area contributed by atoms with Crippen molar-refractivity contribution >= 4 is 34.1 Å². The minimum Gasteiger partial charge on any atom is -0.457 e. The third kappa shape index (κ3) is 4.65. The van der Waals surface area contributed by atoms with Gasteiger partial charge >= 0.3 is 5.97 Å². The number of aromatic nitrogens is 3. The maximum atomic E-state index is 13.4. The van der Waals surface area contributed by atoms with Crippen molar-refractivity contribution in [3.8, 4) is 0 Å². The molecule has 3 heterocycles. The van der Waals surface area contributed by atoms with Gasteiger partial charge in [0.15, 0.2) is 5.82 Å². The summed E-state index contributed by atoms with van der Waals surface area (Å²) in [6, 6.07) is 23.9. The Morgan fingerprint density at radius 3 is 2.51 bits per heavy atom. The Balaban J connectivity index is 1.42. The van der Waals surface area contributed by atoms with Crippen LogP contribution in [0, 0.1) is 0 Å². The summed E-state index contributed by atoms with van der Waals surface area (Å²) in [6.45, 7) is 6.48. The summed E-state index contributed by atoms with van der Waals surface area (Å²) in [5.74, 6) is 0.199. The van der Waals surface area contributed by atoms with E-state index in [0.29, 0.717) is 22.6 Å². The largest absolute Gasteiger partial charge is 0.457 e. The normalized spacial score (nSPS) is 14.5. The summed E-state index contributed by atoms with van der Waals surface area (Å²) < 4.78 is 5.57. The number of aromatic amines is 2. The highest BCUT2D eigenvalue weighted by molar-refractivity contribution is 5.93. The third-order valence-corrected chi connectivity index (χ3v) is 6.96. The standard InChI is InChI=1S/C31H29N5O3/c1-31(2,3)27-25-26(21-15-19-11-7-8-12-22(19)34-29(21)37)32-24-16-20(13-14-23(24)33-28(25)36-35-27)30(38)39-17-18-9-5-4-6-10-18/h4-16,26,32H,17H2,1-3H3,(H,34,37)(H2,33,35,36). The Labute approximate surface area is 225 Å². The van der Waals surface area contributed by atoms with Crippen LogP contribution in [-0.2, 0) is 16.8 Å². The van der Waals surface area contributed by atoms with E-state index in [9.17, 15) is 9.59 Å². The van der Waals surface area contributed by atoms with Gasteiger partial charge in [-0.1, -0.05) is 69.3 Å². The number of nitrogens with zero attached hydrogens (tertiary/aromatic N) is 1. The van der Waals surface area contributed by atoms with E-state index in [0.717, 1.165) is 33.4 Å². The van der Waals surface area contributed by atoms with Crippen molar-refractivity contribution in [1.82, 2.24) is 15.2 Å². The molecule has 0 spiro atoms. The Bertz CT molecular complexity index is 1750. The summed E-state index contributed by atoms with van der Waals surface area (Å²) in [6.07, 6.45) is 0. The number of carbonyl (C=O) groups excluding carboxylic acids is 1. The Morgan fingerprint density at radius 2 is 1.72 bits per heavy atom. The molecule has 39 heavy (non-hydrogen) atoms. The minimum absolute atomic E-state index is 0.182. The molecule has 196 valence electrons. The first-order chi connectivity index (χ1) is 18.8. The van der Waals surface area contributed by atoms with E-state index in [2.05, 4.69) is 46.6 Å². The Morgan fingerprint density at radius 1 is 0.949 bits per heavy atom. The topological polar surface area (TPSA) is 112 Å². The molecule has 8 heteroatoms. The summed E-state index contributed by atoms with van der Waals surface area (Å²) in [7, 11) is 0. The van der Waals surface area contributed by atoms with Crippen LogP contribution in [0.5, 0.6) is 0 Å². The number of hydrogen-bond acceptors (Lipinski definition) is 6. The molecule has 1 aliphatic heterocycles. The monoisotopic (exact) mass is 519 g/mol. The van der Waals surface area contributed by atoms with Crippen LogP contribution in [0.3, 0.4) is 0 Å². The molecule has 5 aromatic rings. The lowest BCUT2D eigenvalue weighted by atomic mass is 9.85. The number of ether oxygens (including phenoxy) is 1. The molecule has 4 N–H and O–H groups in total. The van der Waals surface area contributed by atoms with Crippen LogP contribution in [0.15, 0.2) is 83.7 Å². The number of carbonyl (C=O) groups is 1. The van der Waals surface area contributed by atoms with Crippen molar-refractivity contribution in [2.24, 2.45) is 0 Å². The number of rotatable bonds is 4. The number of para-hydroxylation sites is 1. The molecule has 1 atom stereocenters. The molecule has 0 amide bonds. The van der Waals surface area contributed by atoms with Crippen molar-refractivity contribution in [3.05, 3.63) is 117 Å². The molecule has 0 bridgehead atoms. The van der Waals surface area contributed by atoms with E-state index in [1.807, 2.05) is 66.7 Å². The molecular formula is C31H29N5O3. The highest BCUT2D eigenvalue weighted by Crippen LogP contribution is 2.43. The molecule has 1 aliphatic rings. The molecule has 1 unspecified atom stereocenters. The highest BCUT2D eigenvalue weighted by Gasteiger charge is 2.34. The summed E-state index contributed by atoms with van der Waals surface area (Å²) in [5.41, 5.74) is 5.34. The van der Waals surface area contributed by atoms with Crippen molar-refractivity contribution in [2.75, 3.05) is 10.6 Å². The van der Waals surface area contributed by atoms with Crippen LogP contribution in [0.2, 0.25) is 0 Å². The lowest BCUT2D eigenvalue weighted by molar-refractivity contribution is 0.0473. The molecule has 3 aromatic carbocycles. The van der Waals surface area contributed by atoms with Gasteiger partial charge in [-0.15, -0.1) is 0 Å². The van der Waals surface area contributed by atoms with Crippen LogP contribution < -0.4 is 16.2 Å². The zero-order valence-corrected chi connectivity index (χ0v) is 22.0. The smallest absolute Gasteiger partial charge is 0.338 e.